The molecule has 1 atom stereocenters. The number of carbonyl (C=O) groups is 1. The lowest BCUT2D eigenvalue weighted by Crippen LogP contribution is -2.14. The van der Waals surface area contributed by atoms with E-state index < -0.39 is 12.1 Å². The van der Waals surface area contributed by atoms with Crippen LogP contribution >= 0.6 is 11.6 Å². The number of fused-ring (bicyclic) bond motifs is 1. The number of nitrogens with zero attached hydrogens (tertiary/aromatic N) is 3. The predicted octanol–water partition coefficient (Wildman–Crippen LogP) is 5.13. The molecule has 0 bridgehead atoms. The van der Waals surface area contributed by atoms with Crippen molar-refractivity contribution in [3.63, 3.8) is 0 Å². The molecule has 3 aromatic rings. The highest BCUT2D eigenvalue weighted by Gasteiger charge is 2.21. The highest BCUT2D eigenvalue weighted by molar-refractivity contribution is 6.32. The summed E-state index contributed by atoms with van der Waals surface area (Å²) >= 11 is 6.23. The first-order valence-electron chi connectivity index (χ1n) is 10.7. The second-order valence-corrected chi connectivity index (χ2v) is 7.72. The molecule has 0 fully saturated rings. The molecule has 2 aromatic heterocycles. The van der Waals surface area contributed by atoms with Crippen molar-refractivity contribution in [3.05, 3.63) is 40.8 Å². The fraction of sp³-hybridized carbons (Fsp3) is 0.455. The Labute approximate surface area is 191 Å². The number of halogens is 1. The molecule has 9 nitrogen and oxygen atoms in total. The molecular formula is C22H28ClN5O4. The van der Waals surface area contributed by atoms with Crippen molar-refractivity contribution in [2.45, 2.75) is 58.6 Å². The number of hydrogen-bond acceptors (Lipinski definition) is 8. The first kappa shape index (κ1) is 23.7. The Morgan fingerprint density at radius 1 is 1.25 bits per heavy atom. The molecule has 2 heterocycles. The zero-order chi connectivity index (χ0) is 22.9. The summed E-state index contributed by atoms with van der Waals surface area (Å²) in [6.07, 6.45) is 4.46. The topological polar surface area (TPSA) is 111 Å². The Hall–Kier alpha value is -2.91. The third-order valence-corrected chi connectivity index (χ3v) is 5.11. The van der Waals surface area contributed by atoms with Crippen LogP contribution in [0.1, 0.15) is 63.4 Å². The number of benzene rings is 1. The van der Waals surface area contributed by atoms with Crippen LogP contribution in [0.2, 0.25) is 5.02 Å². The molecule has 0 aliphatic rings. The van der Waals surface area contributed by atoms with Crippen LogP contribution in [0.5, 0.6) is 5.75 Å². The standard InChI is InChI=1S/C22H28ClN5O4/c1-4-6-8-18(31-32-19(29)7-5-2)21-26-16-13-25-28-20(16)22(27-21)24-12-14-9-10-17(30-3)15(23)11-14/h9-11,13,18H,4-8,12H2,1-3H3,(H,25,28)(H,24,26,27). The monoisotopic (exact) mass is 461 g/mol. The SMILES string of the molecule is CCCCC(OOC(=O)CCC)c1nc(NCc2ccc(OC)c(Cl)c2)c2[nH]ncc2n1. The number of methoxy groups -OCH3 is 1. The summed E-state index contributed by atoms with van der Waals surface area (Å²) in [5, 5.41) is 10.8. The van der Waals surface area contributed by atoms with Crippen molar-refractivity contribution < 1.29 is 19.3 Å². The van der Waals surface area contributed by atoms with Gasteiger partial charge in [-0.25, -0.2) is 14.8 Å². The maximum absolute atomic E-state index is 11.8. The third-order valence-electron chi connectivity index (χ3n) is 4.81. The molecule has 0 saturated heterocycles. The van der Waals surface area contributed by atoms with Crippen LogP contribution in [0.4, 0.5) is 5.82 Å². The summed E-state index contributed by atoms with van der Waals surface area (Å²) in [6.45, 7) is 4.45. The fourth-order valence-electron chi connectivity index (χ4n) is 3.10. The number of nitrogens with one attached hydrogen (secondary N) is 2. The molecule has 1 unspecified atom stereocenters. The van der Waals surface area contributed by atoms with E-state index >= 15 is 0 Å². The van der Waals surface area contributed by atoms with Gasteiger partial charge in [-0.05, 0) is 30.5 Å². The van der Waals surface area contributed by atoms with E-state index in [9.17, 15) is 4.79 Å². The Morgan fingerprint density at radius 3 is 2.81 bits per heavy atom. The van der Waals surface area contributed by atoms with Gasteiger partial charge in [0.2, 0.25) is 0 Å². The van der Waals surface area contributed by atoms with Gasteiger partial charge in [-0.3, -0.25) is 9.99 Å². The number of ether oxygens (including phenoxy) is 1. The molecule has 2 N–H and O–H groups in total. The maximum Gasteiger partial charge on any atom is 0.342 e. The van der Waals surface area contributed by atoms with Crippen molar-refractivity contribution in [2.75, 3.05) is 12.4 Å². The smallest absolute Gasteiger partial charge is 0.342 e. The summed E-state index contributed by atoms with van der Waals surface area (Å²) in [5.41, 5.74) is 2.26. The minimum Gasteiger partial charge on any atom is -0.495 e. The Morgan fingerprint density at radius 2 is 2.09 bits per heavy atom. The largest absolute Gasteiger partial charge is 0.495 e. The van der Waals surface area contributed by atoms with Gasteiger partial charge in [-0.15, -0.1) is 0 Å². The van der Waals surface area contributed by atoms with Gasteiger partial charge < -0.3 is 10.1 Å². The van der Waals surface area contributed by atoms with Crippen LogP contribution in [0, 0.1) is 0 Å². The molecule has 172 valence electrons. The molecule has 1 aromatic carbocycles. The van der Waals surface area contributed by atoms with E-state index in [4.69, 9.17) is 26.1 Å². The summed E-state index contributed by atoms with van der Waals surface area (Å²) in [5.74, 6) is 1.20. The number of aromatic nitrogens is 4. The van der Waals surface area contributed by atoms with E-state index in [0.717, 1.165) is 18.4 Å². The van der Waals surface area contributed by atoms with E-state index in [1.54, 1.807) is 13.3 Å². The highest BCUT2D eigenvalue weighted by atomic mass is 35.5. The highest BCUT2D eigenvalue weighted by Crippen LogP contribution is 2.28. The van der Waals surface area contributed by atoms with Crippen molar-refractivity contribution in [1.29, 1.82) is 0 Å². The van der Waals surface area contributed by atoms with Gasteiger partial charge in [-0.1, -0.05) is 44.4 Å². The third kappa shape index (κ3) is 6.08. The van der Waals surface area contributed by atoms with E-state index in [2.05, 4.69) is 32.4 Å². The van der Waals surface area contributed by atoms with E-state index in [-0.39, 0.29) is 0 Å². The number of hydrogen-bond donors (Lipinski definition) is 2. The van der Waals surface area contributed by atoms with Crippen LogP contribution < -0.4 is 10.1 Å². The molecule has 0 saturated carbocycles. The van der Waals surface area contributed by atoms with Crippen LogP contribution in [-0.2, 0) is 21.1 Å². The number of H-pyrrole nitrogens is 1. The first-order chi connectivity index (χ1) is 15.5. The van der Waals surface area contributed by atoms with Crippen molar-refractivity contribution in [1.82, 2.24) is 20.2 Å². The molecule has 32 heavy (non-hydrogen) atoms. The van der Waals surface area contributed by atoms with Crippen LogP contribution in [0.25, 0.3) is 11.0 Å². The normalized spacial score (nSPS) is 12.0. The average Bonchev–Trinajstić information content (AvgIpc) is 3.26. The number of rotatable bonds is 12. The first-order valence-corrected chi connectivity index (χ1v) is 11.1. The molecule has 0 amide bonds. The molecule has 0 aliphatic heterocycles. The summed E-state index contributed by atoms with van der Waals surface area (Å²) < 4.78 is 5.20. The molecule has 0 spiro atoms. The van der Waals surface area contributed by atoms with Gasteiger partial charge in [0.25, 0.3) is 0 Å². The number of carbonyl (C=O) groups excluding carboxylic acids is 1. The maximum atomic E-state index is 11.8. The lowest BCUT2D eigenvalue weighted by molar-refractivity contribution is -0.303. The van der Waals surface area contributed by atoms with Crippen LogP contribution in [0.15, 0.2) is 24.4 Å². The van der Waals surface area contributed by atoms with Crippen LogP contribution in [0.3, 0.4) is 0 Å². The van der Waals surface area contributed by atoms with Crippen LogP contribution in [-0.4, -0.2) is 33.2 Å². The minimum absolute atomic E-state index is 0.291. The van der Waals surface area contributed by atoms with Gasteiger partial charge in [0.05, 0.1) is 18.3 Å². The molecule has 0 aliphatic carbocycles. The number of unbranched alkanes of at least 4 members (excludes halogenated alkanes) is 1. The van der Waals surface area contributed by atoms with E-state index in [1.807, 2.05) is 25.1 Å². The Kier molecular flexibility index (Phi) is 8.64. The zero-order valence-corrected chi connectivity index (χ0v) is 19.2. The van der Waals surface area contributed by atoms with Gasteiger partial charge in [0.1, 0.15) is 16.8 Å². The number of anilines is 1. The summed E-state index contributed by atoms with van der Waals surface area (Å²) in [6, 6.07) is 5.57. The summed E-state index contributed by atoms with van der Waals surface area (Å²) in [7, 11) is 1.58. The predicted molar refractivity (Wildman–Crippen MR) is 121 cm³/mol. The number of aromatic amines is 1. The van der Waals surface area contributed by atoms with E-state index in [0.29, 0.717) is 59.3 Å². The Bertz CT molecular complexity index is 1040. The second kappa shape index (κ2) is 11.6. The second-order valence-electron chi connectivity index (χ2n) is 7.32. The van der Waals surface area contributed by atoms with Crippen molar-refractivity contribution >= 4 is 34.4 Å². The fourth-order valence-corrected chi connectivity index (χ4v) is 3.38. The summed E-state index contributed by atoms with van der Waals surface area (Å²) in [4.78, 5) is 31.5. The van der Waals surface area contributed by atoms with Gasteiger partial charge in [0.15, 0.2) is 17.7 Å². The Balaban J connectivity index is 1.82. The van der Waals surface area contributed by atoms with Gasteiger partial charge in [-0.2, -0.15) is 9.99 Å². The van der Waals surface area contributed by atoms with Gasteiger partial charge >= 0.3 is 5.97 Å². The quantitative estimate of drug-likeness (QED) is 0.282. The lowest BCUT2D eigenvalue weighted by atomic mass is 10.1. The molecular weight excluding hydrogens is 434 g/mol. The molecule has 0 radical (unpaired) electrons. The lowest BCUT2D eigenvalue weighted by Gasteiger charge is -2.16. The molecule has 3 rings (SSSR count). The average molecular weight is 462 g/mol. The van der Waals surface area contributed by atoms with Gasteiger partial charge in [0, 0.05) is 13.0 Å². The van der Waals surface area contributed by atoms with Crippen molar-refractivity contribution in [3.8, 4) is 5.75 Å². The minimum atomic E-state index is -0.578. The van der Waals surface area contributed by atoms with E-state index in [1.165, 1.54) is 0 Å². The molecule has 10 heteroatoms. The zero-order valence-electron chi connectivity index (χ0n) is 18.5. The van der Waals surface area contributed by atoms with Crippen molar-refractivity contribution in [2.24, 2.45) is 0 Å².